The number of benzene rings is 2. The van der Waals surface area contributed by atoms with Crippen molar-refractivity contribution in [1.29, 1.82) is 0 Å². The summed E-state index contributed by atoms with van der Waals surface area (Å²) in [6.45, 7) is 6.91. The topological polar surface area (TPSA) is 73.7 Å². The lowest BCUT2D eigenvalue weighted by molar-refractivity contribution is -0.905. The molecule has 7 nitrogen and oxygen atoms in total. The molecule has 30 heavy (non-hydrogen) atoms. The van der Waals surface area contributed by atoms with E-state index >= 15 is 0 Å². The van der Waals surface area contributed by atoms with E-state index in [1.807, 2.05) is 41.3 Å². The highest BCUT2D eigenvalue weighted by atomic mass is 16.2. The van der Waals surface area contributed by atoms with E-state index in [1.54, 1.807) is 6.07 Å². The number of aromatic amines is 1. The standard InChI is InChI=1S/C23H27N5O2/c1-2-26(16-21-24-20-11-7-6-10-19(20)23(30)25-21)17-22(29)28-14-12-27(13-15-28)18-8-4-3-5-9-18/h3-11H,2,12-17H2,1H3,(H,24,25,30)/p+1. The minimum absolute atomic E-state index is 0.130. The molecule has 1 aromatic heterocycles. The zero-order valence-electron chi connectivity index (χ0n) is 17.3. The number of aromatic nitrogens is 2. The normalized spacial score (nSPS) is 15.4. The predicted octanol–water partition coefficient (Wildman–Crippen LogP) is 0.677. The number of piperazine rings is 1. The Labute approximate surface area is 175 Å². The number of likely N-dealkylation sites (N-methyl/N-ethyl adjacent to an activating group) is 1. The highest BCUT2D eigenvalue weighted by Crippen LogP contribution is 2.15. The molecule has 0 saturated carbocycles. The summed E-state index contributed by atoms with van der Waals surface area (Å²) in [5, 5.41) is 0.590. The van der Waals surface area contributed by atoms with Crippen LogP contribution in [0, 0.1) is 0 Å². The Morgan fingerprint density at radius 3 is 2.47 bits per heavy atom. The lowest BCUT2D eigenvalue weighted by Gasteiger charge is -2.36. The number of nitrogens with zero attached hydrogens (tertiary/aromatic N) is 3. The molecule has 0 radical (unpaired) electrons. The third-order valence-electron chi connectivity index (χ3n) is 5.73. The molecule has 1 aliphatic heterocycles. The zero-order chi connectivity index (χ0) is 20.9. The summed E-state index contributed by atoms with van der Waals surface area (Å²) in [5.74, 6) is 0.778. The van der Waals surface area contributed by atoms with E-state index in [2.05, 4.69) is 33.9 Å². The number of anilines is 1. The van der Waals surface area contributed by atoms with Crippen molar-refractivity contribution in [1.82, 2.24) is 14.9 Å². The van der Waals surface area contributed by atoms with Gasteiger partial charge in [-0.2, -0.15) is 0 Å². The number of fused-ring (bicyclic) bond motifs is 1. The number of H-pyrrole nitrogens is 1. The highest BCUT2D eigenvalue weighted by Gasteiger charge is 2.24. The van der Waals surface area contributed by atoms with E-state index in [0.717, 1.165) is 37.6 Å². The Balaban J connectivity index is 1.36. The summed E-state index contributed by atoms with van der Waals surface area (Å²) in [4.78, 5) is 38.0. The van der Waals surface area contributed by atoms with Gasteiger partial charge in [0.25, 0.3) is 11.5 Å². The maximum atomic E-state index is 12.9. The molecule has 0 aliphatic carbocycles. The highest BCUT2D eigenvalue weighted by molar-refractivity contribution is 5.78. The Hall–Kier alpha value is -3.19. The van der Waals surface area contributed by atoms with Crippen LogP contribution in [0.4, 0.5) is 5.69 Å². The number of hydrogen-bond donors (Lipinski definition) is 2. The van der Waals surface area contributed by atoms with Gasteiger partial charge in [-0.3, -0.25) is 9.59 Å². The lowest BCUT2D eigenvalue weighted by Crippen LogP contribution is -3.11. The fourth-order valence-electron chi connectivity index (χ4n) is 3.95. The number of rotatable bonds is 6. The van der Waals surface area contributed by atoms with E-state index in [4.69, 9.17) is 0 Å². The largest absolute Gasteiger partial charge is 0.368 e. The smallest absolute Gasteiger partial charge is 0.277 e. The molecule has 1 atom stereocenters. The molecule has 7 heteroatoms. The van der Waals surface area contributed by atoms with Crippen LogP contribution < -0.4 is 15.4 Å². The van der Waals surface area contributed by atoms with Crippen molar-refractivity contribution in [3.05, 3.63) is 70.8 Å². The third kappa shape index (κ3) is 4.52. The van der Waals surface area contributed by atoms with Crippen molar-refractivity contribution in [3.63, 3.8) is 0 Å². The molecule has 2 aromatic carbocycles. The molecular formula is C23H28N5O2+. The number of carbonyl (C=O) groups excluding carboxylic acids is 1. The second-order valence-corrected chi connectivity index (χ2v) is 7.69. The molecule has 156 valence electrons. The molecule has 1 aliphatic rings. The summed E-state index contributed by atoms with van der Waals surface area (Å²) in [6.07, 6.45) is 0. The van der Waals surface area contributed by atoms with Crippen molar-refractivity contribution >= 4 is 22.5 Å². The Kier molecular flexibility index (Phi) is 6.09. The summed E-state index contributed by atoms with van der Waals surface area (Å²) in [5.41, 5.74) is 1.77. The first-order valence-corrected chi connectivity index (χ1v) is 10.5. The van der Waals surface area contributed by atoms with Crippen molar-refractivity contribution in [3.8, 4) is 0 Å². The van der Waals surface area contributed by atoms with Gasteiger partial charge < -0.3 is 19.7 Å². The molecule has 1 fully saturated rings. The van der Waals surface area contributed by atoms with E-state index in [0.29, 0.717) is 29.8 Å². The van der Waals surface area contributed by atoms with Gasteiger partial charge in [-0.15, -0.1) is 0 Å². The van der Waals surface area contributed by atoms with E-state index in [-0.39, 0.29) is 11.5 Å². The quantitative estimate of drug-likeness (QED) is 0.631. The number of para-hydroxylation sites is 2. The Morgan fingerprint density at radius 2 is 1.73 bits per heavy atom. The van der Waals surface area contributed by atoms with Gasteiger partial charge in [0, 0.05) is 31.9 Å². The van der Waals surface area contributed by atoms with Crippen LogP contribution in [-0.4, -0.2) is 60.0 Å². The lowest BCUT2D eigenvalue weighted by atomic mass is 10.2. The average molecular weight is 407 g/mol. The summed E-state index contributed by atoms with van der Waals surface area (Å²) in [7, 11) is 0. The second kappa shape index (κ2) is 9.09. The van der Waals surface area contributed by atoms with Crippen molar-refractivity contribution in [2.24, 2.45) is 0 Å². The number of hydrogen-bond acceptors (Lipinski definition) is 4. The van der Waals surface area contributed by atoms with Gasteiger partial charge >= 0.3 is 0 Å². The van der Waals surface area contributed by atoms with Gasteiger partial charge in [-0.25, -0.2) is 4.98 Å². The fraction of sp³-hybridized carbons (Fsp3) is 0.348. The molecule has 2 heterocycles. The molecule has 3 aromatic rings. The van der Waals surface area contributed by atoms with Crippen LogP contribution in [0.15, 0.2) is 59.4 Å². The summed E-state index contributed by atoms with van der Waals surface area (Å²) >= 11 is 0. The molecule has 1 unspecified atom stereocenters. The van der Waals surface area contributed by atoms with Crippen LogP contribution >= 0.6 is 0 Å². The Morgan fingerprint density at radius 1 is 1.03 bits per heavy atom. The van der Waals surface area contributed by atoms with Gasteiger partial charge in [0.15, 0.2) is 12.4 Å². The van der Waals surface area contributed by atoms with Crippen LogP contribution in [0.2, 0.25) is 0 Å². The molecule has 0 bridgehead atoms. The number of amides is 1. The van der Waals surface area contributed by atoms with Gasteiger partial charge in [0.1, 0.15) is 6.54 Å². The van der Waals surface area contributed by atoms with Crippen LogP contribution in [0.25, 0.3) is 10.9 Å². The minimum atomic E-state index is -0.130. The van der Waals surface area contributed by atoms with E-state index in [1.165, 1.54) is 5.69 Å². The SMILES string of the molecule is CC[NH+](CC(=O)N1CCN(c2ccccc2)CC1)Cc1nc2ccccc2c(=O)[nH]1. The molecule has 4 rings (SSSR count). The monoisotopic (exact) mass is 406 g/mol. The van der Waals surface area contributed by atoms with Crippen molar-refractivity contribution in [2.75, 3.05) is 44.2 Å². The van der Waals surface area contributed by atoms with Crippen LogP contribution in [0.1, 0.15) is 12.7 Å². The summed E-state index contributed by atoms with van der Waals surface area (Å²) < 4.78 is 0. The molecule has 1 amide bonds. The summed E-state index contributed by atoms with van der Waals surface area (Å²) in [6, 6.07) is 17.6. The minimum Gasteiger partial charge on any atom is -0.368 e. The van der Waals surface area contributed by atoms with Gasteiger partial charge in [-0.1, -0.05) is 30.3 Å². The zero-order valence-corrected chi connectivity index (χ0v) is 17.3. The molecule has 1 saturated heterocycles. The first-order valence-electron chi connectivity index (χ1n) is 10.5. The van der Waals surface area contributed by atoms with Crippen LogP contribution in [0.5, 0.6) is 0 Å². The van der Waals surface area contributed by atoms with Crippen molar-refractivity contribution < 1.29 is 9.69 Å². The van der Waals surface area contributed by atoms with E-state index < -0.39 is 0 Å². The average Bonchev–Trinajstić information content (AvgIpc) is 2.79. The van der Waals surface area contributed by atoms with Crippen LogP contribution in [-0.2, 0) is 11.3 Å². The maximum absolute atomic E-state index is 12.9. The number of nitrogens with one attached hydrogen (secondary N) is 2. The first-order chi connectivity index (χ1) is 14.6. The fourth-order valence-corrected chi connectivity index (χ4v) is 3.95. The number of carbonyl (C=O) groups is 1. The second-order valence-electron chi connectivity index (χ2n) is 7.69. The molecular weight excluding hydrogens is 378 g/mol. The third-order valence-corrected chi connectivity index (χ3v) is 5.73. The van der Waals surface area contributed by atoms with Crippen LogP contribution in [0.3, 0.4) is 0 Å². The van der Waals surface area contributed by atoms with E-state index in [9.17, 15) is 9.59 Å². The van der Waals surface area contributed by atoms with Gasteiger partial charge in [0.05, 0.1) is 17.4 Å². The molecule has 0 spiro atoms. The van der Waals surface area contributed by atoms with Gasteiger partial charge in [-0.05, 0) is 31.2 Å². The number of quaternary nitrogens is 1. The predicted molar refractivity (Wildman–Crippen MR) is 118 cm³/mol. The molecule has 2 N–H and O–H groups in total. The first kappa shape index (κ1) is 20.1. The maximum Gasteiger partial charge on any atom is 0.277 e. The van der Waals surface area contributed by atoms with Gasteiger partial charge in [0.2, 0.25) is 0 Å². The Bertz CT molecular complexity index is 1060. The van der Waals surface area contributed by atoms with Crippen molar-refractivity contribution in [2.45, 2.75) is 13.5 Å².